The van der Waals surface area contributed by atoms with Gasteiger partial charge in [-0.1, -0.05) is 34.6 Å². The van der Waals surface area contributed by atoms with Gasteiger partial charge in [0.25, 0.3) is 0 Å². The van der Waals surface area contributed by atoms with Crippen LogP contribution in [0, 0.1) is 11.8 Å². The molecule has 0 aliphatic heterocycles. The van der Waals surface area contributed by atoms with Gasteiger partial charge < -0.3 is 19.8 Å². The van der Waals surface area contributed by atoms with Crippen LogP contribution in [0.1, 0.15) is 71.4 Å². The van der Waals surface area contributed by atoms with Crippen LogP contribution >= 0.6 is 0 Å². The Morgan fingerprint density at radius 1 is 0.967 bits per heavy atom. The molecule has 0 spiro atoms. The van der Waals surface area contributed by atoms with E-state index in [1.807, 2.05) is 38.1 Å². The molecule has 0 fully saturated rings. The number of furan rings is 1. The Hall–Kier alpha value is -1.85. The molecule has 0 bridgehead atoms. The third kappa shape index (κ3) is 8.11. The van der Waals surface area contributed by atoms with Crippen LogP contribution < -0.4 is 15.4 Å². The van der Waals surface area contributed by atoms with Crippen LogP contribution in [0.4, 0.5) is 0 Å². The molecule has 1 aromatic heterocycles. The zero-order chi connectivity index (χ0) is 22.1. The van der Waals surface area contributed by atoms with Crippen molar-refractivity contribution >= 4 is 16.8 Å². The molecule has 0 aliphatic rings. The Kier molecular flexibility index (Phi) is 9.86. The van der Waals surface area contributed by atoms with Crippen molar-refractivity contribution in [3.05, 3.63) is 30.0 Å². The average molecular weight is 417 g/mol. The molecular formula is C25H40N2O3. The minimum Gasteiger partial charge on any atom is -0.492 e. The normalized spacial score (nSPS) is 13.9. The number of rotatable bonds is 14. The lowest BCUT2D eigenvalue weighted by Crippen LogP contribution is -2.30. The Bertz CT molecular complexity index is 782. The Morgan fingerprint density at radius 3 is 2.43 bits per heavy atom. The van der Waals surface area contributed by atoms with Crippen LogP contribution in [0.3, 0.4) is 0 Å². The summed E-state index contributed by atoms with van der Waals surface area (Å²) in [6, 6.07) is 8.56. The highest BCUT2D eigenvalue weighted by molar-refractivity contribution is 5.98. The molecule has 1 aromatic carbocycles. The first-order chi connectivity index (χ1) is 14.3. The fraction of sp³-hybridized carbons (Fsp3) is 0.640. The topological polar surface area (TPSA) is 63.5 Å². The van der Waals surface area contributed by atoms with Gasteiger partial charge in [-0.15, -0.1) is 0 Å². The monoisotopic (exact) mass is 416 g/mol. The van der Waals surface area contributed by atoms with Crippen LogP contribution in [0.2, 0.25) is 0 Å². The highest BCUT2D eigenvalue weighted by atomic mass is 16.5. The molecule has 30 heavy (non-hydrogen) atoms. The quantitative estimate of drug-likeness (QED) is 0.317. The van der Waals surface area contributed by atoms with Crippen LogP contribution in [0.15, 0.2) is 28.7 Å². The van der Waals surface area contributed by atoms with E-state index in [2.05, 4.69) is 38.3 Å². The van der Waals surface area contributed by atoms with Gasteiger partial charge in [0.05, 0.1) is 0 Å². The maximum Gasteiger partial charge on any atom is 0.200 e. The van der Waals surface area contributed by atoms with Crippen LogP contribution in [-0.4, -0.2) is 37.6 Å². The molecule has 2 rings (SSSR count). The summed E-state index contributed by atoms with van der Waals surface area (Å²) in [5, 5.41) is 7.94. The number of ether oxygens (including phenoxy) is 1. The zero-order valence-corrected chi connectivity index (χ0v) is 19.6. The number of hydrogen-bond donors (Lipinski definition) is 2. The summed E-state index contributed by atoms with van der Waals surface area (Å²) in [6.45, 7) is 15.2. The maximum absolute atomic E-state index is 12.1. The van der Waals surface area contributed by atoms with Gasteiger partial charge in [0.1, 0.15) is 17.9 Å². The average Bonchev–Trinajstić information content (AvgIpc) is 3.12. The molecule has 168 valence electrons. The molecule has 2 atom stereocenters. The molecule has 0 saturated heterocycles. The Balaban J connectivity index is 1.68. The number of ketones is 1. The largest absolute Gasteiger partial charge is 0.492 e. The predicted octanol–water partition coefficient (Wildman–Crippen LogP) is 5.43. The molecule has 1 heterocycles. The van der Waals surface area contributed by atoms with Crippen molar-refractivity contribution in [2.45, 2.75) is 72.9 Å². The zero-order valence-electron chi connectivity index (χ0n) is 19.6. The molecular weight excluding hydrogens is 376 g/mol. The minimum atomic E-state index is -0.0750. The van der Waals surface area contributed by atoms with Crippen LogP contribution in [0.25, 0.3) is 11.0 Å². The molecule has 5 nitrogen and oxygen atoms in total. The molecule has 0 radical (unpaired) electrons. The SMILES string of the molecule is CC(CCNC(C)C)CCC(C)NCCOc1ccc2oc(C(=O)C(C)C)cc2c1. The van der Waals surface area contributed by atoms with Gasteiger partial charge in [0.2, 0.25) is 5.78 Å². The van der Waals surface area contributed by atoms with Gasteiger partial charge in [0, 0.05) is 29.9 Å². The van der Waals surface area contributed by atoms with Crippen molar-refractivity contribution in [1.29, 1.82) is 0 Å². The van der Waals surface area contributed by atoms with Crippen molar-refractivity contribution in [3.8, 4) is 5.75 Å². The van der Waals surface area contributed by atoms with Gasteiger partial charge in [-0.05, 0) is 62.9 Å². The first-order valence-electron chi connectivity index (χ1n) is 11.4. The molecule has 0 amide bonds. The summed E-state index contributed by atoms with van der Waals surface area (Å²) < 4.78 is 11.5. The van der Waals surface area contributed by atoms with E-state index in [9.17, 15) is 4.79 Å². The number of carbonyl (C=O) groups excluding carboxylic acids is 1. The number of benzene rings is 1. The first-order valence-corrected chi connectivity index (χ1v) is 11.4. The summed E-state index contributed by atoms with van der Waals surface area (Å²) in [7, 11) is 0. The second-order valence-corrected chi connectivity index (χ2v) is 9.11. The lowest BCUT2D eigenvalue weighted by atomic mass is 9.99. The number of hydrogen-bond acceptors (Lipinski definition) is 5. The van der Waals surface area contributed by atoms with E-state index < -0.39 is 0 Å². The highest BCUT2D eigenvalue weighted by Crippen LogP contribution is 2.25. The molecule has 2 N–H and O–H groups in total. The maximum atomic E-state index is 12.1. The van der Waals surface area contributed by atoms with E-state index in [0.29, 0.717) is 24.5 Å². The number of carbonyl (C=O) groups is 1. The smallest absolute Gasteiger partial charge is 0.200 e. The van der Waals surface area contributed by atoms with Crippen molar-refractivity contribution in [2.24, 2.45) is 11.8 Å². The van der Waals surface area contributed by atoms with E-state index in [1.54, 1.807) is 0 Å². The van der Waals surface area contributed by atoms with E-state index in [1.165, 1.54) is 19.3 Å². The standard InChI is InChI=1S/C25H40N2O3/c1-17(2)25(28)24-16-21-15-22(9-10-23(21)30-24)29-14-13-27-20(6)8-7-19(5)11-12-26-18(3)4/h9-10,15-20,26-27H,7-8,11-14H2,1-6H3. The third-order valence-electron chi connectivity index (χ3n) is 5.40. The summed E-state index contributed by atoms with van der Waals surface area (Å²) in [5.74, 6) is 1.91. The van der Waals surface area contributed by atoms with Gasteiger partial charge in [-0.3, -0.25) is 4.79 Å². The predicted molar refractivity (Wildman–Crippen MR) is 124 cm³/mol. The lowest BCUT2D eigenvalue weighted by Gasteiger charge is -2.18. The van der Waals surface area contributed by atoms with E-state index in [4.69, 9.17) is 9.15 Å². The molecule has 2 unspecified atom stereocenters. The molecule has 2 aromatic rings. The molecule has 0 saturated carbocycles. The minimum absolute atomic E-state index is 0.0253. The third-order valence-corrected chi connectivity index (χ3v) is 5.40. The van der Waals surface area contributed by atoms with E-state index in [0.717, 1.165) is 35.7 Å². The van der Waals surface area contributed by atoms with Gasteiger partial charge in [-0.25, -0.2) is 0 Å². The van der Waals surface area contributed by atoms with Crippen molar-refractivity contribution in [1.82, 2.24) is 10.6 Å². The van der Waals surface area contributed by atoms with Crippen LogP contribution in [0.5, 0.6) is 5.75 Å². The van der Waals surface area contributed by atoms with Gasteiger partial charge >= 0.3 is 0 Å². The second kappa shape index (κ2) is 12.1. The van der Waals surface area contributed by atoms with Crippen molar-refractivity contribution < 1.29 is 13.9 Å². The summed E-state index contributed by atoms with van der Waals surface area (Å²) >= 11 is 0. The molecule has 5 heteroatoms. The Morgan fingerprint density at radius 2 is 1.73 bits per heavy atom. The fourth-order valence-corrected chi connectivity index (χ4v) is 3.39. The van der Waals surface area contributed by atoms with Gasteiger partial charge in [-0.2, -0.15) is 0 Å². The number of nitrogens with one attached hydrogen (secondary N) is 2. The number of fused-ring (bicyclic) bond motifs is 1. The second-order valence-electron chi connectivity index (χ2n) is 9.11. The lowest BCUT2D eigenvalue weighted by molar-refractivity contribution is 0.0913. The highest BCUT2D eigenvalue weighted by Gasteiger charge is 2.16. The van der Waals surface area contributed by atoms with Crippen molar-refractivity contribution in [3.63, 3.8) is 0 Å². The fourth-order valence-electron chi connectivity index (χ4n) is 3.39. The van der Waals surface area contributed by atoms with E-state index in [-0.39, 0.29) is 11.7 Å². The summed E-state index contributed by atoms with van der Waals surface area (Å²) in [5.41, 5.74) is 0.718. The molecule has 0 aliphatic carbocycles. The van der Waals surface area contributed by atoms with Crippen molar-refractivity contribution in [2.75, 3.05) is 19.7 Å². The van der Waals surface area contributed by atoms with Crippen LogP contribution in [-0.2, 0) is 0 Å². The number of Topliss-reactive ketones (excluding diaryl/α,β-unsaturated/α-hetero) is 1. The van der Waals surface area contributed by atoms with E-state index >= 15 is 0 Å². The first kappa shape index (κ1) is 24.4. The summed E-state index contributed by atoms with van der Waals surface area (Å²) in [6.07, 6.45) is 3.65. The van der Waals surface area contributed by atoms with Gasteiger partial charge in [0.15, 0.2) is 5.76 Å². The Labute approximate surface area is 181 Å². The summed E-state index contributed by atoms with van der Waals surface area (Å²) in [4.78, 5) is 12.1.